The molecule has 0 heterocycles. The summed E-state index contributed by atoms with van der Waals surface area (Å²) in [6.45, 7) is 0. The summed E-state index contributed by atoms with van der Waals surface area (Å²) in [4.78, 5) is 0. The zero-order valence-electron chi connectivity index (χ0n) is 4.46. The predicted octanol–water partition coefficient (Wildman–Crippen LogP) is -2.95. The Kier molecular flexibility index (Phi) is 14.0. The molecule has 10 heteroatoms. The summed E-state index contributed by atoms with van der Waals surface area (Å²) in [5, 5.41) is 0. The first kappa shape index (κ1) is 17.2. The quantitative estimate of drug-likeness (QED) is 0.274. The van der Waals surface area contributed by atoms with Gasteiger partial charge in [0, 0.05) is 10.4 Å². The van der Waals surface area contributed by atoms with Crippen molar-refractivity contribution in [1.29, 1.82) is 0 Å². The van der Waals surface area contributed by atoms with E-state index in [1.54, 1.807) is 0 Å². The Hall–Kier alpha value is 1.03. The predicted molar refractivity (Wildman–Crippen MR) is 21.4 cm³/mol. The largest absolute Gasteiger partial charge is 2.00 e. The van der Waals surface area contributed by atoms with E-state index in [0.717, 1.165) is 0 Å². The van der Waals surface area contributed by atoms with Gasteiger partial charge in [-0.25, -0.2) is 0 Å². The first-order chi connectivity index (χ1) is 3.73. The topological polar surface area (TPSA) is 138 Å². The van der Waals surface area contributed by atoms with Crippen molar-refractivity contribution in [3.63, 3.8) is 0 Å². The molecule has 0 amide bonds. The molecule has 0 rings (SSSR count). The summed E-state index contributed by atoms with van der Waals surface area (Å²) in [6.07, 6.45) is 0. The van der Waals surface area contributed by atoms with Gasteiger partial charge in [0.25, 0.3) is 0 Å². The summed E-state index contributed by atoms with van der Waals surface area (Å²) < 4.78 is 57.2. The van der Waals surface area contributed by atoms with Crippen LogP contribution in [0.25, 0.3) is 0 Å². The molecule has 0 radical (unpaired) electrons. The molecule has 0 aliphatic heterocycles. The zero-order chi connectivity index (χ0) is 8.08. The molecule has 0 aromatic heterocycles. The van der Waals surface area contributed by atoms with Crippen LogP contribution in [0, 0.1) is 0 Å². The van der Waals surface area contributed by atoms with Gasteiger partial charge in [0.2, 0.25) is 0 Å². The molecule has 0 saturated carbocycles. The molecule has 0 aliphatic carbocycles. The van der Waals surface area contributed by atoms with E-state index in [4.69, 9.17) is 29.7 Å². The normalized spacial score (nSPS) is 9.30. The summed E-state index contributed by atoms with van der Waals surface area (Å²) in [6, 6.07) is 0. The minimum absolute atomic E-state index is 0. The van der Waals surface area contributed by atoms with E-state index in [9.17, 15) is 0 Å². The molecule has 0 atom stereocenters. The van der Waals surface area contributed by atoms with Crippen LogP contribution >= 0.6 is 0 Å². The molecule has 0 fully saturated rings. The standard InChI is InChI=1S/Cd.H2O4S.H2O3Se/c;1-5(2,3)4;1-4(2)3/h;(H2,1,2,3,4);(H2,1,2,3)/q+2;;/p-2. The maximum atomic E-state index is 8.76. The summed E-state index contributed by atoms with van der Waals surface area (Å²) >= 11 is -3.29. The van der Waals surface area contributed by atoms with Crippen LogP contribution in [0.4, 0.5) is 0 Å². The molecule has 7 nitrogen and oxygen atoms in total. The number of hydrogen-bond donors (Lipinski definition) is 2. The Morgan fingerprint density at radius 1 is 1.20 bits per heavy atom. The fourth-order valence-electron chi connectivity index (χ4n) is 0. The SMILES string of the molecule is O=S(=O)([O-])[O-].O=[Se](O)O.[Cd+2]. The molecule has 0 aromatic rings. The van der Waals surface area contributed by atoms with Crippen molar-refractivity contribution < 1.29 is 57.0 Å². The summed E-state index contributed by atoms with van der Waals surface area (Å²) in [5.41, 5.74) is 0. The van der Waals surface area contributed by atoms with E-state index < -0.39 is 24.9 Å². The number of rotatable bonds is 0. The molecule has 0 aliphatic rings. The summed E-state index contributed by atoms with van der Waals surface area (Å²) in [5.74, 6) is 0. The van der Waals surface area contributed by atoms with Crippen LogP contribution in [0.2, 0.25) is 0 Å². The van der Waals surface area contributed by atoms with Gasteiger partial charge >= 0.3 is 54.0 Å². The van der Waals surface area contributed by atoms with E-state index in [1.165, 1.54) is 0 Å². The van der Waals surface area contributed by atoms with Crippen LogP contribution < -0.4 is 0 Å². The molecule has 0 spiro atoms. The molecule has 0 aromatic carbocycles. The molecule has 58 valence electrons. The van der Waals surface area contributed by atoms with E-state index in [-0.39, 0.29) is 27.3 Å². The van der Waals surface area contributed by atoms with E-state index in [1.807, 2.05) is 0 Å². The Morgan fingerprint density at radius 2 is 1.20 bits per heavy atom. The maximum absolute atomic E-state index is 8.76. The summed E-state index contributed by atoms with van der Waals surface area (Å²) in [7, 11) is -5.17. The number of hydrogen-bond acceptors (Lipinski definition) is 5. The monoisotopic (exact) mass is 340 g/mol. The van der Waals surface area contributed by atoms with Crippen LogP contribution in [0.3, 0.4) is 0 Å². The second-order valence-corrected chi connectivity index (χ2v) is 2.42. The first-order valence-corrected chi connectivity index (χ1v) is 4.76. The first-order valence-electron chi connectivity index (χ1n) is 1.20. The van der Waals surface area contributed by atoms with Gasteiger partial charge in [0.1, 0.15) is 0 Å². The van der Waals surface area contributed by atoms with Crippen LogP contribution in [0.1, 0.15) is 0 Å². The van der Waals surface area contributed by atoms with Crippen molar-refractivity contribution in [3.8, 4) is 0 Å². The Labute approximate surface area is 81.5 Å². The van der Waals surface area contributed by atoms with E-state index in [2.05, 4.69) is 0 Å². The smallest absolute Gasteiger partial charge is 2.00 e. The third-order valence-corrected chi connectivity index (χ3v) is 0. The Morgan fingerprint density at radius 3 is 1.20 bits per heavy atom. The van der Waals surface area contributed by atoms with Gasteiger partial charge in [-0.1, -0.05) is 0 Å². The van der Waals surface area contributed by atoms with Gasteiger partial charge in [-0.05, 0) is 0 Å². The van der Waals surface area contributed by atoms with Crippen LogP contribution in [0.15, 0.2) is 0 Å². The van der Waals surface area contributed by atoms with Crippen LogP contribution in [-0.4, -0.2) is 40.4 Å². The van der Waals surface area contributed by atoms with Crippen molar-refractivity contribution in [2.24, 2.45) is 0 Å². The van der Waals surface area contributed by atoms with Crippen LogP contribution in [0.5, 0.6) is 0 Å². The minimum Gasteiger partial charge on any atom is 2.00 e. The fraction of sp³-hybridized carbons (Fsp3) is 0. The van der Waals surface area contributed by atoms with Crippen molar-refractivity contribution in [2.75, 3.05) is 0 Å². The Bertz CT molecular complexity index is 156. The average Bonchev–Trinajstić information content (AvgIpc) is 1.19. The third kappa shape index (κ3) is 547. The van der Waals surface area contributed by atoms with Gasteiger partial charge in [-0.3, -0.25) is 8.42 Å². The molecule has 10 heavy (non-hydrogen) atoms. The average molecular weight is 337 g/mol. The van der Waals surface area contributed by atoms with Crippen molar-refractivity contribution in [1.82, 2.24) is 0 Å². The van der Waals surface area contributed by atoms with Gasteiger partial charge in [0.05, 0.1) is 0 Å². The molecule has 0 unspecified atom stereocenters. The molecular weight excluding hydrogens is 335 g/mol. The zero-order valence-corrected chi connectivity index (χ0v) is 11.0. The molecule has 0 bridgehead atoms. The van der Waals surface area contributed by atoms with Crippen LogP contribution in [-0.2, 0) is 41.5 Å². The van der Waals surface area contributed by atoms with Crippen molar-refractivity contribution in [2.45, 2.75) is 0 Å². The van der Waals surface area contributed by atoms with Gasteiger partial charge < -0.3 is 9.11 Å². The van der Waals surface area contributed by atoms with E-state index in [0.29, 0.717) is 0 Å². The van der Waals surface area contributed by atoms with Gasteiger partial charge in [-0.2, -0.15) is 0 Å². The molecule has 0 saturated heterocycles. The van der Waals surface area contributed by atoms with E-state index >= 15 is 0 Å². The second kappa shape index (κ2) is 8.13. The van der Waals surface area contributed by atoms with Gasteiger partial charge in [0.15, 0.2) is 0 Å². The fourth-order valence-corrected chi connectivity index (χ4v) is 0. The molecular formula is H2CdO7SSe. The van der Waals surface area contributed by atoms with Gasteiger partial charge in [-0.15, -0.1) is 0 Å². The Balaban J connectivity index is -0.0000000910. The third-order valence-electron chi connectivity index (χ3n) is 0. The van der Waals surface area contributed by atoms with Crippen molar-refractivity contribution >= 4 is 24.9 Å². The maximum Gasteiger partial charge on any atom is 2.00 e. The second-order valence-electron chi connectivity index (χ2n) is 0.639. The van der Waals surface area contributed by atoms with Crippen molar-refractivity contribution in [3.05, 3.63) is 0 Å². The molecule has 2 N–H and O–H groups in total. The minimum atomic E-state index is -5.17.